The zero-order valence-electron chi connectivity index (χ0n) is 26.9. The van der Waals surface area contributed by atoms with Crippen LogP contribution in [0.1, 0.15) is 99.2 Å². The minimum absolute atomic E-state index is 0.0109. The Morgan fingerprint density at radius 3 is 1.98 bits per heavy atom. The van der Waals surface area contributed by atoms with Crippen molar-refractivity contribution in [2.24, 2.45) is 5.92 Å². The van der Waals surface area contributed by atoms with E-state index >= 15 is 0 Å². The Kier molecular flexibility index (Phi) is 10.1. The molecule has 5 rings (SSSR count). The molecule has 234 valence electrons. The largest absolute Gasteiger partial charge is 0.480 e. The van der Waals surface area contributed by atoms with Gasteiger partial charge in [0, 0.05) is 35.5 Å². The second kappa shape index (κ2) is 14.2. The van der Waals surface area contributed by atoms with Gasteiger partial charge in [-0.05, 0) is 83.7 Å². The highest BCUT2D eigenvalue weighted by atomic mass is 16.4. The number of nitrogens with one attached hydrogen (secondary N) is 1. The van der Waals surface area contributed by atoms with Gasteiger partial charge in [-0.1, -0.05) is 94.8 Å². The molecule has 1 atom stereocenters. The van der Waals surface area contributed by atoms with Gasteiger partial charge in [-0.25, -0.2) is 14.8 Å². The summed E-state index contributed by atoms with van der Waals surface area (Å²) in [4.78, 5) is 34.1. The fraction of sp³-hybridized carbons (Fsp3) is 0.385. The van der Waals surface area contributed by atoms with Gasteiger partial charge in [0.15, 0.2) is 5.82 Å². The molecule has 6 nitrogen and oxygen atoms in total. The zero-order chi connectivity index (χ0) is 32.0. The summed E-state index contributed by atoms with van der Waals surface area (Å²) in [5.74, 6) is 0.691. The van der Waals surface area contributed by atoms with E-state index < -0.39 is 17.9 Å². The first-order chi connectivity index (χ1) is 21.7. The van der Waals surface area contributed by atoms with E-state index in [1.54, 1.807) is 12.1 Å². The fourth-order valence-corrected chi connectivity index (χ4v) is 6.22. The molecule has 1 aromatic heterocycles. The highest BCUT2D eigenvalue weighted by Gasteiger charge is 2.23. The van der Waals surface area contributed by atoms with Gasteiger partial charge in [-0.3, -0.25) is 4.79 Å². The maximum atomic E-state index is 12.9. The lowest BCUT2D eigenvalue weighted by Crippen LogP contribution is -2.42. The molecule has 1 fully saturated rings. The summed E-state index contributed by atoms with van der Waals surface area (Å²) in [6, 6.07) is 22.7. The van der Waals surface area contributed by atoms with E-state index in [-0.39, 0.29) is 11.8 Å². The number of rotatable bonds is 11. The fourth-order valence-electron chi connectivity index (χ4n) is 6.22. The standard InChI is InChI=1S/C39H45N3O3/c1-5-26-7-11-28(12-8-26)29-15-17-30(18-16-29)33-24-40-36(41-25-33)31-13-9-27(10-14-31)23-35(38(44)45)42-37(43)32-19-21-34(22-20-32)39(3,4)6-2/h9-10,13-22,24-26,28,35H,5-8,11-12,23H2,1-4H3,(H,42,43)(H,44,45). The Bertz CT molecular complexity index is 1570. The second-order valence-electron chi connectivity index (χ2n) is 13.1. The van der Waals surface area contributed by atoms with E-state index in [1.807, 2.05) is 48.8 Å². The molecule has 1 heterocycles. The minimum atomic E-state index is -1.08. The van der Waals surface area contributed by atoms with Gasteiger partial charge < -0.3 is 10.4 Å². The average Bonchev–Trinajstić information content (AvgIpc) is 3.08. The maximum absolute atomic E-state index is 12.9. The summed E-state index contributed by atoms with van der Waals surface area (Å²) < 4.78 is 0. The Hall–Kier alpha value is -4.32. The summed E-state index contributed by atoms with van der Waals surface area (Å²) in [6.45, 7) is 8.75. The lowest BCUT2D eigenvalue weighted by molar-refractivity contribution is -0.139. The molecule has 1 aliphatic rings. The monoisotopic (exact) mass is 603 g/mol. The van der Waals surface area contributed by atoms with Crippen LogP contribution in [0, 0.1) is 5.92 Å². The smallest absolute Gasteiger partial charge is 0.326 e. The Labute approximate surface area is 267 Å². The third-order valence-electron chi connectivity index (χ3n) is 9.86. The number of nitrogens with zero attached hydrogens (tertiary/aromatic N) is 2. The van der Waals surface area contributed by atoms with Crippen LogP contribution in [0.25, 0.3) is 22.5 Å². The number of carbonyl (C=O) groups excluding carboxylic acids is 1. The van der Waals surface area contributed by atoms with Crippen LogP contribution in [0.15, 0.2) is 85.2 Å². The molecule has 1 saturated carbocycles. The SMILES string of the molecule is CCC1CCC(c2ccc(-c3cnc(-c4ccc(CC(NC(=O)c5ccc(C(C)(C)CC)cc5)C(=O)O)cc4)nc3)cc2)CC1. The van der Waals surface area contributed by atoms with Gasteiger partial charge in [0.2, 0.25) is 0 Å². The first kappa shape index (κ1) is 32.1. The number of hydrogen-bond acceptors (Lipinski definition) is 4. The number of hydrogen-bond donors (Lipinski definition) is 2. The molecule has 0 radical (unpaired) electrons. The molecular formula is C39H45N3O3. The number of carboxylic acid groups (broad SMARTS) is 1. The third-order valence-corrected chi connectivity index (χ3v) is 9.86. The van der Waals surface area contributed by atoms with Crippen molar-refractivity contribution in [1.29, 1.82) is 0 Å². The van der Waals surface area contributed by atoms with Crippen molar-refractivity contribution in [3.05, 3.63) is 107 Å². The third kappa shape index (κ3) is 7.86. The highest BCUT2D eigenvalue weighted by molar-refractivity contribution is 5.96. The first-order valence-electron chi connectivity index (χ1n) is 16.3. The van der Waals surface area contributed by atoms with E-state index in [0.717, 1.165) is 40.2 Å². The molecule has 1 aliphatic carbocycles. The van der Waals surface area contributed by atoms with Crippen molar-refractivity contribution >= 4 is 11.9 Å². The maximum Gasteiger partial charge on any atom is 0.326 e. The molecule has 6 heteroatoms. The molecule has 0 spiro atoms. The van der Waals surface area contributed by atoms with Crippen LogP contribution in [0.2, 0.25) is 0 Å². The predicted molar refractivity (Wildman–Crippen MR) is 180 cm³/mol. The number of carbonyl (C=O) groups is 2. The molecule has 45 heavy (non-hydrogen) atoms. The Morgan fingerprint density at radius 1 is 0.822 bits per heavy atom. The summed E-state index contributed by atoms with van der Waals surface area (Å²) in [6.07, 6.45) is 11.4. The van der Waals surface area contributed by atoms with Gasteiger partial charge in [0.1, 0.15) is 6.04 Å². The Balaban J connectivity index is 1.19. The molecular weight excluding hydrogens is 558 g/mol. The first-order valence-corrected chi connectivity index (χ1v) is 16.3. The van der Waals surface area contributed by atoms with Crippen molar-refractivity contribution in [1.82, 2.24) is 15.3 Å². The van der Waals surface area contributed by atoms with Crippen molar-refractivity contribution in [3.63, 3.8) is 0 Å². The molecule has 2 N–H and O–H groups in total. The molecule has 0 saturated heterocycles. The van der Waals surface area contributed by atoms with E-state index in [4.69, 9.17) is 0 Å². The summed E-state index contributed by atoms with van der Waals surface area (Å²) in [7, 11) is 0. The summed E-state index contributed by atoms with van der Waals surface area (Å²) in [5, 5.41) is 12.5. The van der Waals surface area contributed by atoms with Gasteiger partial charge in [-0.2, -0.15) is 0 Å². The lowest BCUT2D eigenvalue weighted by atomic mass is 9.78. The number of aromatic nitrogens is 2. The highest BCUT2D eigenvalue weighted by Crippen LogP contribution is 2.37. The molecule has 0 bridgehead atoms. The minimum Gasteiger partial charge on any atom is -0.480 e. The molecule has 1 amide bonds. The van der Waals surface area contributed by atoms with E-state index in [1.165, 1.54) is 37.7 Å². The number of amides is 1. The molecule has 3 aromatic carbocycles. The average molecular weight is 604 g/mol. The van der Waals surface area contributed by atoms with Crippen molar-refractivity contribution in [2.45, 2.75) is 90.0 Å². The van der Waals surface area contributed by atoms with Crippen molar-refractivity contribution < 1.29 is 14.7 Å². The predicted octanol–water partition coefficient (Wildman–Crippen LogP) is 8.61. The van der Waals surface area contributed by atoms with Crippen LogP contribution >= 0.6 is 0 Å². The van der Waals surface area contributed by atoms with E-state index in [2.05, 4.69) is 67.2 Å². The van der Waals surface area contributed by atoms with Gasteiger partial charge in [0.05, 0.1) is 0 Å². The van der Waals surface area contributed by atoms with Gasteiger partial charge >= 0.3 is 5.97 Å². The summed E-state index contributed by atoms with van der Waals surface area (Å²) in [5.41, 5.74) is 6.74. The zero-order valence-corrected chi connectivity index (χ0v) is 26.9. The molecule has 0 aliphatic heterocycles. The van der Waals surface area contributed by atoms with Crippen LogP contribution in [0.3, 0.4) is 0 Å². The number of aliphatic carboxylic acids is 1. The van der Waals surface area contributed by atoms with Crippen molar-refractivity contribution in [3.8, 4) is 22.5 Å². The van der Waals surface area contributed by atoms with Gasteiger partial charge in [-0.15, -0.1) is 0 Å². The van der Waals surface area contributed by atoms with Crippen LogP contribution in [-0.2, 0) is 16.6 Å². The molecule has 1 unspecified atom stereocenters. The van der Waals surface area contributed by atoms with E-state index in [9.17, 15) is 14.7 Å². The number of benzene rings is 3. The van der Waals surface area contributed by atoms with E-state index in [0.29, 0.717) is 17.3 Å². The normalized spacial score (nSPS) is 17.4. The quantitative estimate of drug-likeness (QED) is 0.179. The lowest BCUT2D eigenvalue weighted by Gasteiger charge is -2.28. The van der Waals surface area contributed by atoms with Crippen LogP contribution in [0.4, 0.5) is 0 Å². The van der Waals surface area contributed by atoms with Crippen molar-refractivity contribution in [2.75, 3.05) is 0 Å². The summed E-state index contributed by atoms with van der Waals surface area (Å²) >= 11 is 0. The second-order valence-corrected chi connectivity index (χ2v) is 13.1. The Morgan fingerprint density at radius 2 is 1.42 bits per heavy atom. The van der Waals surface area contributed by atoms with Crippen LogP contribution in [0.5, 0.6) is 0 Å². The molecule has 4 aromatic rings. The number of carboxylic acids is 1. The van der Waals surface area contributed by atoms with Gasteiger partial charge in [0.25, 0.3) is 5.91 Å². The van der Waals surface area contributed by atoms with Crippen LogP contribution in [-0.4, -0.2) is 33.0 Å². The topological polar surface area (TPSA) is 92.2 Å². The van der Waals surface area contributed by atoms with Crippen LogP contribution < -0.4 is 5.32 Å².